The summed E-state index contributed by atoms with van der Waals surface area (Å²) in [6.45, 7) is 1.29. The predicted octanol–water partition coefficient (Wildman–Crippen LogP) is 5.02. The molecule has 0 heterocycles. The summed E-state index contributed by atoms with van der Waals surface area (Å²) in [7, 11) is -1.08. The molecule has 182 valence electrons. The van der Waals surface area contributed by atoms with Gasteiger partial charge in [-0.05, 0) is 49.4 Å². The van der Waals surface area contributed by atoms with Crippen LogP contribution in [0, 0.1) is 0 Å². The molecule has 0 saturated heterocycles. The number of nitrogens with one attached hydrogen (secondary N) is 2. The van der Waals surface area contributed by atoms with Crippen LogP contribution in [-0.2, 0) is 14.8 Å². The van der Waals surface area contributed by atoms with Gasteiger partial charge in [-0.15, -0.1) is 5.11 Å². The normalized spacial score (nSPS) is 12.1. The van der Waals surface area contributed by atoms with Crippen LogP contribution < -0.4 is 19.5 Å². The van der Waals surface area contributed by atoms with E-state index in [0.29, 0.717) is 17.2 Å². The van der Waals surface area contributed by atoms with Crippen molar-refractivity contribution in [1.29, 1.82) is 0 Å². The smallest absolute Gasteiger partial charge is 0.279 e. The van der Waals surface area contributed by atoms with Gasteiger partial charge in [0.2, 0.25) is 0 Å². The van der Waals surface area contributed by atoms with Crippen LogP contribution in [0.2, 0.25) is 0 Å². The summed E-state index contributed by atoms with van der Waals surface area (Å²) in [6.07, 6.45) is 0. The number of carbonyl (C=O) groups is 1. The molecule has 10 nitrogen and oxygen atoms in total. The van der Waals surface area contributed by atoms with E-state index in [-0.39, 0.29) is 27.7 Å². The summed E-state index contributed by atoms with van der Waals surface area (Å²) in [5, 5.41) is 20.4. The first kappa shape index (κ1) is 25.2. The zero-order chi connectivity index (χ0) is 25.4. The van der Waals surface area contributed by atoms with E-state index in [9.17, 15) is 18.3 Å². The van der Waals surface area contributed by atoms with E-state index in [0.717, 1.165) is 0 Å². The van der Waals surface area contributed by atoms with Gasteiger partial charge < -0.3 is 19.9 Å². The van der Waals surface area contributed by atoms with Crippen LogP contribution >= 0.6 is 0 Å². The van der Waals surface area contributed by atoms with E-state index >= 15 is 0 Å². The monoisotopic (exact) mass is 496 g/mol. The summed E-state index contributed by atoms with van der Waals surface area (Å²) in [5.74, 6) is -0.308. The van der Waals surface area contributed by atoms with Crippen LogP contribution in [0.15, 0.2) is 99.4 Å². The van der Waals surface area contributed by atoms with Gasteiger partial charge in [-0.3, -0.25) is 9.52 Å². The second kappa shape index (κ2) is 11.2. The lowest BCUT2D eigenvalue weighted by Crippen LogP contribution is -2.15. The highest BCUT2D eigenvalue weighted by Crippen LogP contribution is 2.28. The topological polar surface area (TPSA) is 139 Å². The molecule has 0 aliphatic rings. The molecule has 3 aromatic carbocycles. The van der Waals surface area contributed by atoms with Gasteiger partial charge in [-0.2, -0.15) is 5.11 Å². The van der Waals surface area contributed by atoms with Crippen LogP contribution in [0.4, 0.5) is 17.1 Å². The molecule has 35 heavy (non-hydrogen) atoms. The third kappa shape index (κ3) is 6.36. The molecule has 11 heteroatoms. The van der Waals surface area contributed by atoms with E-state index < -0.39 is 15.9 Å². The van der Waals surface area contributed by atoms with Gasteiger partial charge in [0.15, 0.2) is 5.70 Å². The number of sulfonamides is 1. The number of azo groups is 1. The first-order valence-electron chi connectivity index (χ1n) is 10.3. The number of allylic oxidation sites excluding steroid dienone is 1. The second-order valence-electron chi connectivity index (χ2n) is 7.09. The number of anilines is 2. The fourth-order valence-electron chi connectivity index (χ4n) is 2.96. The molecule has 0 saturated carbocycles. The van der Waals surface area contributed by atoms with E-state index in [4.69, 9.17) is 9.47 Å². The van der Waals surface area contributed by atoms with Crippen molar-refractivity contribution < 1.29 is 27.8 Å². The number of benzene rings is 3. The molecule has 3 N–H and O–H groups in total. The molecule has 3 aromatic rings. The highest BCUT2D eigenvalue weighted by atomic mass is 32.2. The van der Waals surface area contributed by atoms with Gasteiger partial charge in [0, 0.05) is 0 Å². The first-order valence-corrected chi connectivity index (χ1v) is 11.8. The molecule has 0 aliphatic heterocycles. The number of amides is 1. The minimum absolute atomic E-state index is 0.0791. The largest absolute Gasteiger partial charge is 0.510 e. The molecule has 0 fully saturated rings. The van der Waals surface area contributed by atoms with Crippen molar-refractivity contribution in [2.24, 2.45) is 10.2 Å². The summed E-state index contributed by atoms with van der Waals surface area (Å²) >= 11 is 0. The molecule has 0 aromatic heterocycles. The summed E-state index contributed by atoms with van der Waals surface area (Å²) in [5.41, 5.74) is 0.452. The van der Waals surface area contributed by atoms with E-state index in [1.165, 1.54) is 45.4 Å². The van der Waals surface area contributed by atoms with Gasteiger partial charge in [-0.25, -0.2) is 8.42 Å². The predicted molar refractivity (Wildman–Crippen MR) is 132 cm³/mol. The van der Waals surface area contributed by atoms with Crippen molar-refractivity contribution in [3.05, 3.63) is 84.3 Å². The molecule has 0 atom stereocenters. The van der Waals surface area contributed by atoms with Crippen molar-refractivity contribution in [1.82, 2.24) is 0 Å². The molecule has 0 unspecified atom stereocenters. The van der Waals surface area contributed by atoms with E-state index in [2.05, 4.69) is 20.3 Å². The summed E-state index contributed by atoms with van der Waals surface area (Å²) in [4.78, 5) is 12.6. The van der Waals surface area contributed by atoms with Crippen LogP contribution in [0.5, 0.6) is 11.5 Å². The number of nitrogens with zero attached hydrogens (tertiary/aromatic N) is 2. The Hall–Kier alpha value is -4.38. The Labute approximate surface area is 203 Å². The second-order valence-corrected chi connectivity index (χ2v) is 8.77. The maximum absolute atomic E-state index is 12.9. The number of aliphatic hydroxyl groups excluding tert-OH is 1. The van der Waals surface area contributed by atoms with Crippen molar-refractivity contribution in [3.8, 4) is 11.5 Å². The van der Waals surface area contributed by atoms with Gasteiger partial charge >= 0.3 is 0 Å². The van der Waals surface area contributed by atoms with Gasteiger partial charge in [0.05, 0.1) is 36.2 Å². The zero-order valence-corrected chi connectivity index (χ0v) is 20.0. The van der Waals surface area contributed by atoms with Crippen LogP contribution in [-0.4, -0.2) is 33.7 Å². The Balaban J connectivity index is 1.83. The molecular formula is C24H24N4O6S. The fourth-order valence-corrected chi connectivity index (χ4v) is 4.07. The Bertz CT molecular complexity index is 1380. The van der Waals surface area contributed by atoms with E-state index in [1.54, 1.807) is 48.5 Å². The van der Waals surface area contributed by atoms with Crippen LogP contribution in [0.1, 0.15) is 6.92 Å². The SMILES string of the molecule is COc1ccccc1NC(=O)C(N=Nc1cccc(S(=O)(=O)Nc2ccccc2OC)c1)=C(C)O. The van der Waals surface area contributed by atoms with Crippen molar-refractivity contribution in [3.63, 3.8) is 0 Å². The third-order valence-corrected chi connectivity index (χ3v) is 6.02. The standard InChI is InChI=1S/C24H24N4O6S/c1-16(29)23(24(30)25-19-11-4-6-13-21(19)33-2)27-26-17-9-8-10-18(15-17)35(31,32)28-20-12-5-7-14-22(20)34-3/h4-15,28-29H,1-3H3,(H,25,30). The van der Waals surface area contributed by atoms with Crippen LogP contribution in [0.25, 0.3) is 0 Å². The number of rotatable bonds is 9. The third-order valence-electron chi connectivity index (χ3n) is 4.66. The number of aliphatic hydroxyl groups is 1. The Morgan fingerprint density at radius 2 is 1.49 bits per heavy atom. The molecule has 3 rings (SSSR count). The number of carbonyl (C=O) groups excluding carboxylic acids is 1. The highest BCUT2D eigenvalue weighted by molar-refractivity contribution is 7.92. The number of methoxy groups -OCH3 is 2. The molecule has 1 amide bonds. The Kier molecular flexibility index (Phi) is 8.05. The van der Waals surface area contributed by atoms with Crippen molar-refractivity contribution in [2.75, 3.05) is 24.3 Å². The average Bonchev–Trinajstić information content (AvgIpc) is 2.84. The number of ether oxygens (including phenoxy) is 2. The van der Waals surface area contributed by atoms with Gasteiger partial charge in [-0.1, -0.05) is 30.3 Å². The molecule has 0 bridgehead atoms. The lowest BCUT2D eigenvalue weighted by Gasteiger charge is -2.11. The van der Waals surface area contributed by atoms with Crippen molar-refractivity contribution >= 4 is 33.0 Å². The molecule has 0 spiro atoms. The van der Waals surface area contributed by atoms with E-state index in [1.807, 2.05) is 0 Å². The maximum atomic E-state index is 12.9. The summed E-state index contributed by atoms with van der Waals surface area (Å²) < 4.78 is 38.6. The lowest BCUT2D eigenvalue weighted by atomic mass is 10.2. The number of hydrogen-bond donors (Lipinski definition) is 3. The van der Waals surface area contributed by atoms with Gasteiger partial charge in [0.1, 0.15) is 17.3 Å². The minimum atomic E-state index is -3.97. The molecule has 0 radical (unpaired) electrons. The Morgan fingerprint density at radius 1 is 0.886 bits per heavy atom. The molecular weight excluding hydrogens is 472 g/mol. The fraction of sp³-hybridized carbons (Fsp3) is 0.125. The summed E-state index contributed by atoms with van der Waals surface area (Å²) in [6, 6.07) is 19.0. The quantitative estimate of drug-likeness (QED) is 0.216. The number of para-hydroxylation sites is 4. The van der Waals surface area contributed by atoms with Crippen molar-refractivity contribution in [2.45, 2.75) is 11.8 Å². The van der Waals surface area contributed by atoms with Gasteiger partial charge in [0.25, 0.3) is 15.9 Å². The average molecular weight is 497 g/mol. The minimum Gasteiger partial charge on any atom is -0.510 e. The van der Waals surface area contributed by atoms with Crippen LogP contribution in [0.3, 0.4) is 0 Å². The Morgan fingerprint density at radius 3 is 2.11 bits per heavy atom. The maximum Gasteiger partial charge on any atom is 0.279 e. The zero-order valence-electron chi connectivity index (χ0n) is 19.2. The number of hydrogen-bond acceptors (Lipinski definition) is 8. The molecule has 0 aliphatic carbocycles. The lowest BCUT2D eigenvalue weighted by molar-refractivity contribution is -0.113. The highest BCUT2D eigenvalue weighted by Gasteiger charge is 2.18. The first-order chi connectivity index (χ1) is 16.7.